The van der Waals surface area contributed by atoms with Gasteiger partial charge >= 0.3 is 0 Å². The summed E-state index contributed by atoms with van der Waals surface area (Å²) in [7, 11) is 0. The molecule has 3 heterocycles. The highest BCUT2D eigenvalue weighted by atomic mass is 15.3. The molecule has 7 nitrogen and oxygen atoms in total. The molecule has 22 heavy (non-hydrogen) atoms. The standard InChI is InChI=1S/C15H19N7/c1-11(2)22-10-19-20-14(22)12-3-7-21(8-4-12)15-13(9-16)17-5-6-18-15/h5-6,10-12H,3-4,7-8H2,1-2H3. The van der Waals surface area contributed by atoms with E-state index >= 15 is 0 Å². The SMILES string of the molecule is CC(C)n1cnnc1C1CCN(c2nccnc2C#N)CC1. The topological polar surface area (TPSA) is 83.5 Å². The number of rotatable bonds is 3. The predicted octanol–water partition coefficient (Wildman–Crippen LogP) is 1.90. The summed E-state index contributed by atoms with van der Waals surface area (Å²) in [5.41, 5.74) is 0.395. The molecule has 0 saturated carbocycles. The van der Waals surface area contributed by atoms with E-state index in [0.29, 0.717) is 23.5 Å². The summed E-state index contributed by atoms with van der Waals surface area (Å²) >= 11 is 0. The Morgan fingerprint density at radius 3 is 2.64 bits per heavy atom. The highest BCUT2D eigenvalue weighted by molar-refractivity contribution is 5.49. The van der Waals surface area contributed by atoms with Crippen LogP contribution in [0.3, 0.4) is 0 Å². The van der Waals surface area contributed by atoms with Crippen LogP contribution in [-0.2, 0) is 0 Å². The van der Waals surface area contributed by atoms with Crippen LogP contribution in [0, 0.1) is 11.3 Å². The molecule has 1 fully saturated rings. The Balaban J connectivity index is 1.73. The fourth-order valence-electron chi connectivity index (χ4n) is 2.93. The molecule has 2 aromatic rings. The lowest BCUT2D eigenvalue weighted by molar-refractivity contribution is 0.447. The zero-order chi connectivity index (χ0) is 15.5. The number of anilines is 1. The van der Waals surface area contributed by atoms with Gasteiger partial charge in [0.05, 0.1) is 0 Å². The Hall–Kier alpha value is -2.49. The van der Waals surface area contributed by atoms with Gasteiger partial charge in [-0.1, -0.05) is 0 Å². The molecule has 0 amide bonds. The lowest BCUT2D eigenvalue weighted by Crippen LogP contribution is -2.35. The summed E-state index contributed by atoms with van der Waals surface area (Å²) < 4.78 is 2.14. The summed E-state index contributed by atoms with van der Waals surface area (Å²) in [5, 5.41) is 17.5. The second-order valence-corrected chi connectivity index (χ2v) is 5.79. The van der Waals surface area contributed by atoms with Crippen molar-refractivity contribution in [3.05, 3.63) is 30.2 Å². The van der Waals surface area contributed by atoms with Crippen molar-refractivity contribution in [1.29, 1.82) is 5.26 Å². The largest absolute Gasteiger partial charge is 0.354 e. The molecular formula is C15H19N7. The zero-order valence-electron chi connectivity index (χ0n) is 12.8. The number of hydrogen-bond donors (Lipinski definition) is 0. The molecular weight excluding hydrogens is 278 g/mol. The van der Waals surface area contributed by atoms with Gasteiger partial charge in [-0.15, -0.1) is 10.2 Å². The zero-order valence-corrected chi connectivity index (χ0v) is 12.8. The molecule has 2 aromatic heterocycles. The molecule has 0 bridgehead atoms. The first-order chi connectivity index (χ1) is 10.7. The fourth-order valence-corrected chi connectivity index (χ4v) is 2.93. The number of nitrogens with zero attached hydrogens (tertiary/aromatic N) is 7. The van der Waals surface area contributed by atoms with Crippen molar-refractivity contribution >= 4 is 5.82 Å². The van der Waals surface area contributed by atoms with Crippen LogP contribution >= 0.6 is 0 Å². The van der Waals surface area contributed by atoms with Crippen LogP contribution in [0.5, 0.6) is 0 Å². The molecule has 114 valence electrons. The predicted molar refractivity (Wildman–Crippen MR) is 81.3 cm³/mol. The van der Waals surface area contributed by atoms with Crippen LogP contribution in [0.4, 0.5) is 5.82 Å². The Morgan fingerprint density at radius 1 is 1.23 bits per heavy atom. The molecule has 3 rings (SSSR count). The van der Waals surface area contributed by atoms with E-state index in [0.717, 1.165) is 31.8 Å². The van der Waals surface area contributed by atoms with E-state index in [1.54, 1.807) is 12.4 Å². The molecule has 1 saturated heterocycles. The first-order valence-corrected chi connectivity index (χ1v) is 7.56. The van der Waals surface area contributed by atoms with Gasteiger partial charge in [0.1, 0.15) is 18.2 Å². The van der Waals surface area contributed by atoms with Crippen LogP contribution < -0.4 is 4.90 Å². The lowest BCUT2D eigenvalue weighted by atomic mass is 9.95. The third-order valence-electron chi connectivity index (χ3n) is 4.10. The number of aromatic nitrogens is 5. The quantitative estimate of drug-likeness (QED) is 0.860. The maximum atomic E-state index is 9.15. The highest BCUT2D eigenvalue weighted by Crippen LogP contribution is 2.30. The van der Waals surface area contributed by atoms with Crippen LogP contribution in [0.25, 0.3) is 0 Å². The van der Waals surface area contributed by atoms with Gasteiger partial charge in [0.2, 0.25) is 0 Å². The van der Waals surface area contributed by atoms with Crippen LogP contribution in [0.2, 0.25) is 0 Å². The van der Waals surface area contributed by atoms with Gasteiger partial charge in [0.25, 0.3) is 0 Å². The third-order valence-corrected chi connectivity index (χ3v) is 4.10. The number of piperidine rings is 1. The first-order valence-electron chi connectivity index (χ1n) is 7.56. The first kappa shape index (κ1) is 14.4. The van der Waals surface area contributed by atoms with Crippen LogP contribution in [0.1, 0.15) is 50.2 Å². The summed E-state index contributed by atoms with van der Waals surface area (Å²) in [6.07, 6.45) is 6.96. The Bertz CT molecular complexity index is 677. The van der Waals surface area contributed by atoms with Gasteiger partial charge in [-0.05, 0) is 26.7 Å². The summed E-state index contributed by atoms with van der Waals surface area (Å²) in [6, 6.07) is 2.48. The average Bonchev–Trinajstić information content (AvgIpc) is 3.05. The molecule has 0 aliphatic carbocycles. The van der Waals surface area contributed by atoms with E-state index in [-0.39, 0.29) is 0 Å². The van der Waals surface area contributed by atoms with Crippen molar-refractivity contribution in [3.8, 4) is 6.07 Å². The van der Waals surface area contributed by atoms with Crippen molar-refractivity contribution < 1.29 is 0 Å². The third kappa shape index (κ3) is 2.64. The molecule has 0 radical (unpaired) electrons. The van der Waals surface area contributed by atoms with Crippen molar-refractivity contribution in [3.63, 3.8) is 0 Å². The van der Waals surface area contributed by atoms with Gasteiger partial charge in [-0.3, -0.25) is 0 Å². The second-order valence-electron chi connectivity index (χ2n) is 5.79. The number of hydrogen-bond acceptors (Lipinski definition) is 6. The maximum absolute atomic E-state index is 9.15. The highest BCUT2D eigenvalue weighted by Gasteiger charge is 2.26. The molecule has 0 atom stereocenters. The van der Waals surface area contributed by atoms with Crippen molar-refractivity contribution in [1.82, 2.24) is 24.7 Å². The van der Waals surface area contributed by atoms with Gasteiger partial charge in [-0.25, -0.2) is 9.97 Å². The van der Waals surface area contributed by atoms with Gasteiger partial charge in [-0.2, -0.15) is 5.26 Å². The van der Waals surface area contributed by atoms with Gasteiger partial charge in [0.15, 0.2) is 11.5 Å². The summed E-state index contributed by atoms with van der Waals surface area (Å²) in [4.78, 5) is 10.5. The molecule has 1 aliphatic heterocycles. The monoisotopic (exact) mass is 297 g/mol. The van der Waals surface area contributed by atoms with E-state index in [2.05, 4.69) is 49.5 Å². The molecule has 0 aromatic carbocycles. The van der Waals surface area contributed by atoms with Gasteiger partial charge in [0, 0.05) is 37.4 Å². The molecule has 7 heteroatoms. The van der Waals surface area contributed by atoms with Crippen LogP contribution in [-0.4, -0.2) is 37.8 Å². The summed E-state index contributed by atoms with van der Waals surface area (Å²) in [5.74, 6) is 2.16. The van der Waals surface area contributed by atoms with Crippen molar-refractivity contribution in [2.75, 3.05) is 18.0 Å². The van der Waals surface area contributed by atoms with Crippen molar-refractivity contribution in [2.24, 2.45) is 0 Å². The normalized spacial score (nSPS) is 16.0. The smallest absolute Gasteiger partial charge is 0.183 e. The van der Waals surface area contributed by atoms with E-state index in [1.807, 2.05) is 6.33 Å². The Kier molecular flexibility index (Phi) is 4.00. The maximum Gasteiger partial charge on any atom is 0.183 e. The van der Waals surface area contributed by atoms with E-state index < -0.39 is 0 Å². The minimum Gasteiger partial charge on any atom is -0.354 e. The second kappa shape index (κ2) is 6.10. The minimum atomic E-state index is 0.369. The van der Waals surface area contributed by atoms with Crippen molar-refractivity contribution in [2.45, 2.75) is 38.6 Å². The molecule has 1 aliphatic rings. The average molecular weight is 297 g/mol. The number of nitriles is 1. The molecule has 0 spiro atoms. The van der Waals surface area contributed by atoms with E-state index in [4.69, 9.17) is 5.26 Å². The minimum absolute atomic E-state index is 0.369. The molecule has 0 N–H and O–H groups in total. The molecule has 0 unspecified atom stereocenters. The fraction of sp³-hybridized carbons (Fsp3) is 0.533. The van der Waals surface area contributed by atoms with Gasteiger partial charge < -0.3 is 9.47 Å². The van der Waals surface area contributed by atoms with E-state index in [9.17, 15) is 0 Å². The van der Waals surface area contributed by atoms with Crippen LogP contribution in [0.15, 0.2) is 18.7 Å². The summed E-state index contributed by atoms with van der Waals surface area (Å²) in [6.45, 7) is 5.98. The Morgan fingerprint density at radius 2 is 1.95 bits per heavy atom. The Labute approximate surface area is 129 Å². The lowest BCUT2D eigenvalue weighted by Gasteiger charge is -2.32. The van der Waals surface area contributed by atoms with E-state index in [1.165, 1.54) is 0 Å².